The Morgan fingerprint density at radius 3 is 2.30 bits per heavy atom. The summed E-state index contributed by atoms with van der Waals surface area (Å²) in [6.07, 6.45) is 0. The number of carboxylic acids is 1. The quantitative estimate of drug-likeness (QED) is 0.921. The zero-order chi connectivity index (χ0) is 14.9. The van der Waals surface area contributed by atoms with E-state index in [1.165, 1.54) is 14.2 Å². The van der Waals surface area contributed by atoms with Crippen molar-refractivity contribution in [2.75, 3.05) is 14.2 Å². The van der Waals surface area contributed by atoms with Crippen LogP contribution >= 0.6 is 0 Å². The average molecular weight is 277 g/mol. The number of rotatable bonds is 4. The van der Waals surface area contributed by atoms with Gasteiger partial charge >= 0.3 is 5.97 Å². The van der Waals surface area contributed by atoms with Crippen LogP contribution < -0.4 is 14.9 Å². The van der Waals surface area contributed by atoms with Crippen LogP contribution in [0.1, 0.15) is 17.4 Å². The van der Waals surface area contributed by atoms with Crippen molar-refractivity contribution in [1.29, 1.82) is 0 Å². The maximum Gasteiger partial charge on any atom is 0.352 e. The highest BCUT2D eigenvalue weighted by Gasteiger charge is 2.16. The summed E-state index contributed by atoms with van der Waals surface area (Å²) in [5.74, 6) is -0.257. The molecule has 1 N–H and O–H groups in total. The van der Waals surface area contributed by atoms with E-state index in [9.17, 15) is 14.7 Å². The molecule has 0 saturated carbocycles. The minimum absolute atomic E-state index is 0.0442. The highest BCUT2D eigenvalue weighted by atomic mass is 16.5. The van der Waals surface area contributed by atoms with E-state index < -0.39 is 5.97 Å². The number of hydrogen-bond acceptors (Lipinski definition) is 4. The molecule has 1 heterocycles. The minimum Gasteiger partial charge on any atom is -0.493 e. The molecule has 0 aliphatic heterocycles. The Labute approximate surface area is 115 Å². The van der Waals surface area contributed by atoms with Crippen LogP contribution in [0.2, 0.25) is 0 Å². The molecule has 0 bridgehead atoms. The van der Waals surface area contributed by atoms with E-state index in [1.807, 2.05) is 6.92 Å². The number of aryl methyl sites for hydroxylation is 1. The number of ether oxygens (including phenoxy) is 2. The number of hydrogen-bond donors (Lipinski definition) is 1. The number of aromatic nitrogens is 1. The first kappa shape index (κ1) is 13.9. The molecule has 0 fully saturated rings. The summed E-state index contributed by atoms with van der Waals surface area (Å²) in [6, 6.07) is 4.31. The molecule has 106 valence electrons. The minimum atomic E-state index is -1.14. The highest BCUT2D eigenvalue weighted by Crippen LogP contribution is 2.31. The Morgan fingerprint density at radius 1 is 1.20 bits per heavy atom. The lowest BCUT2D eigenvalue weighted by atomic mass is 10.1. The van der Waals surface area contributed by atoms with Crippen LogP contribution in [0, 0.1) is 0 Å². The first-order valence-electron chi connectivity index (χ1n) is 6.06. The number of fused-ring (bicyclic) bond motifs is 1. The van der Waals surface area contributed by atoms with Crippen LogP contribution in [0.3, 0.4) is 0 Å². The van der Waals surface area contributed by atoms with Gasteiger partial charge < -0.3 is 19.1 Å². The van der Waals surface area contributed by atoms with Crippen LogP contribution in [0.4, 0.5) is 0 Å². The van der Waals surface area contributed by atoms with E-state index in [0.717, 1.165) is 6.07 Å². The van der Waals surface area contributed by atoms with Crippen LogP contribution in [0.15, 0.2) is 23.0 Å². The van der Waals surface area contributed by atoms with Crippen molar-refractivity contribution in [2.24, 2.45) is 0 Å². The molecule has 0 amide bonds. The summed E-state index contributed by atoms with van der Waals surface area (Å²) < 4.78 is 11.9. The number of pyridine rings is 1. The van der Waals surface area contributed by atoms with Crippen LogP contribution in [0.25, 0.3) is 10.9 Å². The van der Waals surface area contributed by atoms with Crippen molar-refractivity contribution in [3.05, 3.63) is 34.1 Å². The summed E-state index contributed by atoms with van der Waals surface area (Å²) in [4.78, 5) is 23.3. The van der Waals surface area contributed by atoms with Gasteiger partial charge in [0.25, 0.3) is 0 Å². The number of aromatic carboxylic acids is 1. The first-order valence-corrected chi connectivity index (χ1v) is 6.06. The lowest BCUT2D eigenvalue weighted by Gasteiger charge is -2.15. The number of carbonyl (C=O) groups is 1. The van der Waals surface area contributed by atoms with Gasteiger partial charge in [0.05, 0.1) is 19.7 Å². The fourth-order valence-corrected chi connectivity index (χ4v) is 2.22. The van der Waals surface area contributed by atoms with Gasteiger partial charge in [-0.3, -0.25) is 4.79 Å². The smallest absolute Gasteiger partial charge is 0.352 e. The second kappa shape index (κ2) is 5.24. The zero-order valence-electron chi connectivity index (χ0n) is 11.5. The monoisotopic (exact) mass is 277 g/mol. The molecule has 0 unspecified atom stereocenters. The third kappa shape index (κ3) is 2.09. The molecule has 20 heavy (non-hydrogen) atoms. The van der Waals surface area contributed by atoms with E-state index >= 15 is 0 Å². The first-order chi connectivity index (χ1) is 9.53. The molecule has 0 aliphatic rings. The largest absolute Gasteiger partial charge is 0.493 e. The second-order valence-corrected chi connectivity index (χ2v) is 4.17. The van der Waals surface area contributed by atoms with E-state index in [0.29, 0.717) is 28.9 Å². The average Bonchev–Trinajstić information content (AvgIpc) is 2.45. The van der Waals surface area contributed by atoms with Crippen molar-refractivity contribution >= 4 is 16.9 Å². The SMILES string of the molecule is CCn1c(C(=O)O)cc(=O)c2cc(OC)c(OC)cc21. The van der Waals surface area contributed by atoms with Gasteiger partial charge in [0.1, 0.15) is 5.69 Å². The Morgan fingerprint density at radius 2 is 1.80 bits per heavy atom. The lowest BCUT2D eigenvalue weighted by Crippen LogP contribution is -2.17. The maximum absolute atomic E-state index is 12.1. The molecule has 2 aromatic rings. The molecule has 0 saturated heterocycles. The van der Waals surface area contributed by atoms with Gasteiger partial charge in [-0.2, -0.15) is 0 Å². The molecule has 6 nitrogen and oxygen atoms in total. The molecule has 1 aromatic carbocycles. The molecule has 0 aliphatic carbocycles. The molecule has 0 atom stereocenters. The summed E-state index contributed by atoms with van der Waals surface area (Å²) in [6.45, 7) is 2.24. The number of carboxylic acid groups (broad SMARTS) is 1. The second-order valence-electron chi connectivity index (χ2n) is 4.17. The predicted octanol–water partition coefficient (Wildman–Crippen LogP) is 1.74. The van der Waals surface area contributed by atoms with E-state index in [1.54, 1.807) is 16.7 Å². The standard InChI is InChI=1S/C14H15NO5/c1-4-15-9-7-13(20-3)12(19-2)5-8(9)11(16)6-10(15)14(17)18/h5-7H,4H2,1-3H3,(H,17,18). The van der Waals surface area contributed by atoms with E-state index in [-0.39, 0.29) is 11.1 Å². The van der Waals surface area contributed by atoms with Gasteiger partial charge in [-0.25, -0.2) is 4.79 Å². The fourth-order valence-electron chi connectivity index (χ4n) is 2.22. The maximum atomic E-state index is 12.1. The third-order valence-electron chi connectivity index (χ3n) is 3.15. The molecular weight excluding hydrogens is 262 g/mol. The van der Waals surface area contributed by atoms with Crippen LogP contribution in [-0.4, -0.2) is 29.9 Å². The van der Waals surface area contributed by atoms with E-state index in [4.69, 9.17) is 9.47 Å². The predicted molar refractivity (Wildman–Crippen MR) is 73.9 cm³/mol. The normalized spacial score (nSPS) is 10.6. The Balaban J connectivity index is 2.94. The van der Waals surface area contributed by atoms with Crippen LogP contribution in [-0.2, 0) is 6.54 Å². The summed E-state index contributed by atoms with van der Waals surface area (Å²) in [7, 11) is 2.97. The molecule has 0 radical (unpaired) electrons. The lowest BCUT2D eigenvalue weighted by molar-refractivity contribution is 0.0685. The molecule has 0 spiro atoms. The highest BCUT2D eigenvalue weighted by molar-refractivity contribution is 5.91. The van der Waals surface area contributed by atoms with Crippen molar-refractivity contribution in [3.63, 3.8) is 0 Å². The Kier molecular flexibility index (Phi) is 3.65. The third-order valence-corrected chi connectivity index (χ3v) is 3.15. The van der Waals surface area contributed by atoms with E-state index in [2.05, 4.69) is 0 Å². The molecule has 2 rings (SSSR count). The summed E-state index contributed by atoms with van der Waals surface area (Å²) in [5, 5.41) is 9.59. The molecule has 6 heteroatoms. The number of nitrogens with zero attached hydrogens (tertiary/aromatic N) is 1. The van der Waals surface area contributed by atoms with Crippen molar-refractivity contribution < 1.29 is 19.4 Å². The van der Waals surface area contributed by atoms with Crippen molar-refractivity contribution in [1.82, 2.24) is 4.57 Å². The Hall–Kier alpha value is -2.50. The number of benzene rings is 1. The number of methoxy groups -OCH3 is 2. The van der Waals surface area contributed by atoms with Gasteiger partial charge in [0.15, 0.2) is 16.9 Å². The van der Waals surface area contributed by atoms with Crippen molar-refractivity contribution in [3.8, 4) is 11.5 Å². The van der Waals surface area contributed by atoms with Crippen LogP contribution in [0.5, 0.6) is 11.5 Å². The fraction of sp³-hybridized carbons (Fsp3) is 0.286. The van der Waals surface area contributed by atoms with Gasteiger partial charge in [-0.05, 0) is 13.0 Å². The van der Waals surface area contributed by atoms with Gasteiger partial charge in [0, 0.05) is 24.1 Å². The summed E-state index contributed by atoms with van der Waals surface area (Å²) >= 11 is 0. The summed E-state index contributed by atoms with van der Waals surface area (Å²) in [5.41, 5.74) is 0.107. The van der Waals surface area contributed by atoms with Crippen molar-refractivity contribution in [2.45, 2.75) is 13.5 Å². The zero-order valence-corrected chi connectivity index (χ0v) is 11.5. The molecule has 1 aromatic heterocycles. The van der Waals surface area contributed by atoms with Gasteiger partial charge in [-0.1, -0.05) is 0 Å². The van der Waals surface area contributed by atoms with Gasteiger partial charge in [-0.15, -0.1) is 0 Å². The molecular formula is C14H15NO5. The van der Waals surface area contributed by atoms with Gasteiger partial charge in [0.2, 0.25) is 0 Å². The topological polar surface area (TPSA) is 77.8 Å². The Bertz CT molecular complexity index is 732.